The molecule has 0 unspecified atom stereocenters. The van der Waals surface area contributed by atoms with Gasteiger partial charge in [-0.15, -0.1) is 23.1 Å². The Balaban J connectivity index is 1.48. The molecule has 7 heteroatoms. The number of fused-ring (bicyclic) bond motifs is 1. The van der Waals surface area contributed by atoms with E-state index in [1.807, 2.05) is 42.6 Å². The van der Waals surface area contributed by atoms with Crippen LogP contribution in [0.3, 0.4) is 0 Å². The number of hydrogen-bond donors (Lipinski definition) is 1. The third kappa shape index (κ3) is 4.49. The van der Waals surface area contributed by atoms with E-state index in [2.05, 4.69) is 10.3 Å². The van der Waals surface area contributed by atoms with Crippen LogP contribution in [-0.2, 0) is 11.3 Å². The van der Waals surface area contributed by atoms with Crippen LogP contribution < -0.4 is 10.9 Å². The molecular formula is C18H19N3O2S2. The van der Waals surface area contributed by atoms with Crippen LogP contribution >= 0.6 is 23.1 Å². The Morgan fingerprint density at radius 2 is 2.08 bits per heavy atom. The van der Waals surface area contributed by atoms with Gasteiger partial charge in [-0.2, -0.15) is 0 Å². The van der Waals surface area contributed by atoms with Gasteiger partial charge < -0.3 is 5.32 Å². The number of hydrogen-bond acceptors (Lipinski definition) is 5. The standard InChI is InChI=1S/C18H19N3O2S2/c1-13-20-17-15(7-11-25-17)18(23)21(13)10-9-19-16(22)8-12-24-14-5-3-2-4-6-14/h2-7,11H,8-10,12H2,1H3,(H,19,22). The Bertz CT molecular complexity index is 919. The lowest BCUT2D eigenvalue weighted by Gasteiger charge is -2.10. The van der Waals surface area contributed by atoms with Gasteiger partial charge in [0.25, 0.3) is 5.56 Å². The highest BCUT2D eigenvalue weighted by molar-refractivity contribution is 7.99. The van der Waals surface area contributed by atoms with E-state index in [0.29, 0.717) is 30.7 Å². The minimum Gasteiger partial charge on any atom is -0.354 e. The molecule has 2 heterocycles. The number of thiophene rings is 1. The third-order valence-corrected chi connectivity index (χ3v) is 5.59. The summed E-state index contributed by atoms with van der Waals surface area (Å²) in [4.78, 5) is 30.7. The SMILES string of the molecule is Cc1nc2sccc2c(=O)n1CCNC(=O)CCSc1ccccc1. The highest BCUT2D eigenvalue weighted by Crippen LogP contribution is 2.17. The summed E-state index contributed by atoms with van der Waals surface area (Å²) in [7, 11) is 0. The molecule has 0 spiro atoms. The monoisotopic (exact) mass is 373 g/mol. The van der Waals surface area contributed by atoms with E-state index in [-0.39, 0.29) is 11.5 Å². The highest BCUT2D eigenvalue weighted by Gasteiger charge is 2.09. The van der Waals surface area contributed by atoms with Gasteiger partial charge in [-0.1, -0.05) is 18.2 Å². The van der Waals surface area contributed by atoms with Crippen molar-refractivity contribution in [1.82, 2.24) is 14.9 Å². The predicted molar refractivity (Wildman–Crippen MR) is 103 cm³/mol. The second-order valence-electron chi connectivity index (χ2n) is 5.52. The fraction of sp³-hybridized carbons (Fsp3) is 0.278. The van der Waals surface area contributed by atoms with Gasteiger partial charge in [0.2, 0.25) is 5.91 Å². The number of amides is 1. The first-order valence-corrected chi connectivity index (χ1v) is 9.91. The predicted octanol–water partition coefficient (Wildman–Crippen LogP) is 3.07. The number of aryl methyl sites for hydroxylation is 1. The van der Waals surface area contributed by atoms with Crippen molar-refractivity contribution in [3.8, 4) is 0 Å². The Hall–Kier alpha value is -2.12. The molecule has 0 bridgehead atoms. The van der Waals surface area contributed by atoms with Crippen LogP contribution in [0.25, 0.3) is 10.2 Å². The van der Waals surface area contributed by atoms with Crippen LogP contribution in [0.4, 0.5) is 0 Å². The molecule has 0 aliphatic rings. The lowest BCUT2D eigenvalue weighted by Crippen LogP contribution is -2.32. The maximum Gasteiger partial charge on any atom is 0.262 e. The molecule has 0 saturated carbocycles. The average molecular weight is 374 g/mol. The van der Waals surface area contributed by atoms with Crippen LogP contribution in [-0.4, -0.2) is 27.8 Å². The summed E-state index contributed by atoms with van der Waals surface area (Å²) < 4.78 is 1.62. The maximum absolute atomic E-state index is 12.4. The molecular weight excluding hydrogens is 354 g/mol. The molecule has 5 nitrogen and oxygen atoms in total. The Morgan fingerprint density at radius 1 is 1.28 bits per heavy atom. The van der Waals surface area contributed by atoms with Crippen LogP contribution in [0.5, 0.6) is 0 Å². The van der Waals surface area contributed by atoms with Crippen molar-refractivity contribution >= 4 is 39.2 Å². The molecule has 0 saturated heterocycles. The largest absolute Gasteiger partial charge is 0.354 e. The fourth-order valence-electron chi connectivity index (χ4n) is 2.49. The second kappa shape index (κ2) is 8.31. The first-order valence-electron chi connectivity index (χ1n) is 8.04. The summed E-state index contributed by atoms with van der Waals surface area (Å²) in [5.41, 5.74) is -0.0439. The number of carbonyl (C=O) groups is 1. The first kappa shape index (κ1) is 17.7. The van der Waals surface area contributed by atoms with Crippen molar-refractivity contribution in [2.75, 3.05) is 12.3 Å². The van der Waals surface area contributed by atoms with Gasteiger partial charge in [0, 0.05) is 30.2 Å². The number of nitrogens with one attached hydrogen (secondary N) is 1. The smallest absolute Gasteiger partial charge is 0.262 e. The summed E-state index contributed by atoms with van der Waals surface area (Å²) >= 11 is 3.12. The molecule has 0 fully saturated rings. The van der Waals surface area contributed by atoms with E-state index in [1.165, 1.54) is 11.3 Å². The molecule has 0 atom stereocenters. The molecule has 3 rings (SSSR count). The van der Waals surface area contributed by atoms with Crippen LogP contribution in [0.1, 0.15) is 12.2 Å². The van der Waals surface area contributed by atoms with Gasteiger partial charge in [-0.3, -0.25) is 14.2 Å². The minimum atomic E-state index is -0.0439. The number of thioether (sulfide) groups is 1. The summed E-state index contributed by atoms with van der Waals surface area (Å²) in [5, 5.41) is 5.39. The van der Waals surface area contributed by atoms with Crippen molar-refractivity contribution in [2.45, 2.75) is 24.8 Å². The maximum atomic E-state index is 12.4. The van der Waals surface area contributed by atoms with Gasteiger partial charge in [-0.25, -0.2) is 4.98 Å². The Labute approximate surface area is 154 Å². The van der Waals surface area contributed by atoms with E-state index in [0.717, 1.165) is 15.5 Å². The quantitative estimate of drug-likeness (QED) is 0.647. The molecule has 0 radical (unpaired) electrons. The number of rotatable bonds is 7. The topological polar surface area (TPSA) is 64.0 Å². The van der Waals surface area contributed by atoms with E-state index in [4.69, 9.17) is 0 Å². The molecule has 2 aromatic heterocycles. The second-order valence-corrected chi connectivity index (χ2v) is 7.58. The Kier molecular flexibility index (Phi) is 5.88. The molecule has 1 amide bonds. The van der Waals surface area contributed by atoms with Gasteiger partial charge in [0.1, 0.15) is 10.7 Å². The van der Waals surface area contributed by atoms with Crippen molar-refractivity contribution in [1.29, 1.82) is 0 Å². The summed E-state index contributed by atoms with van der Waals surface area (Å²) in [6, 6.07) is 11.8. The van der Waals surface area contributed by atoms with E-state index in [9.17, 15) is 9.59 Å². The van der Waals surface area contributed by atoms with Crippen LogP contribution in [0.15, 0.2) is 51.5 Å². The molecule has 1 N–H and O–H groups in total. The van der Waals surface area contributed by atoms with Gasteiger partial charge in [0.15, 0.2) is 0 Å². The van der Waals surface area contributed by atoms with Crippen molar-refractivity contribution in [2.24, 2.45) is 0 Å². The highest BCUT2D eigenvalue weighted by atomic mass is 32.2. The molecule has 3 aromatic rings. The third-order valence-electron chi connectivity index (χ3n) is 3.77. The van der Waals surface area contributed by atoms with E-state index in [1.54, 1.807) is 22.4 Å². The number of aromatic nitrogens is 2. The normalized spacial score (nSPS) is 10.9. The zero-order valence-corrected chi connectivity index (χ0v) is 15.5. The number of benzene rings is 1. The zero-order chi connectivity index (χ0) is 17.6. The molecule has 130 valence electrons. The first-order chi connectivity index (χ1) is 12.1. The summed E-state index contributed by atoms with van der Waals surface area (Å²) in [6.07, 6.45) is 0.454. The van der Waals surface area contributed by atoms with Crippen molar-refractivity contribution in [3.63, 3.8) is 0 Å². The van der Waals surface area contributed by atoms with E-state index >= 15 is 0 Å². The van der Waals surface area contributed by atoms with Gasteiger partial charge in [0.05, 0.1) is 5.39 Å². The molecule has 0 aliphatic heterocycles. The lowest BCUT2D eigenvalue weighted by atomic mass is 10.4. The van der Waals surface area contributed by atoms with Crippen molar-refractivity contribution < 1.29 is 4.79 Å². The number of nitrogens with zero attached hydrogens (tertiary/aromatic N) is 2. The van der Waals surface area contributed by atoms with E-state index < -0.39 is 0 Å². The number of carbonyl (C=O) groups excluding carboxylic acids is 1. The fourth-order valence-corrected chi connectivity index (χ4v) is 4.16. The van der Waals surface area contributed by atoms with Crippen LogP contribution in [0, 0.1) is 6.92 Å². The average Bonchev–Trinajstić information content (AvgIpc) is 3.07. The summed E-state index contributed by atoms with van der Waals surface area (Å²) in [5.74, 6) is 1.41. The summed E-state index contributed by atoms with van der Waals surface area (Å²) in [6.45, 7) is 2.67. The van der Waals surface area contributed by atoms with Crippen molar-refractivity contribution in [3.05, 3.63) is 58.0 Å². The molecule has 25 heavy (non-hydrogen) atoms. The molecule has 0 aliphatic carbocycles. The zero-order valence-electron chi connectivity index (χ0n) is 13.9. The minimum absolute atomic E-state index is 0.00120. The van der Waals surface area contributed by atoms with Gasteiger partial charge in [-0.05, 0) is 30.5 Å². The molecule has 1 aromatic carbocycles. The Morgan fingerprint density at radius 3 is 2.88 bits per heavy atom. The van der Waals surface area contributed by atoms with Crippen LogP contribution in [0.2, 0.25) is 0 Å². The van der Waals surface area contributed by atoms with Gasteiger partial charge >= 0.3 is 0 Å². The lowest BCUT2D eigenvalue weighted by molar-refractivity contribution is -0.120.